The highest BCUT2D eigenvalue weighted by molar-refractivity contribution is 7.92. The van der Waals surface area contributed by atoms with Crippen molar-refractivity contribution in [1.82, 2.24) is 4.98 Å². The third kappa shape index (κ3) is 5.89. The van der Waals surface area contributed by atoms with Crippen LogP contribution in [0.5, 0.6) is 0 Å². The van der Waals surface area contributed by atoms with Crippen LogP contribution < -0.4 is 5.32 Å². The highest BCUT2D eigenvalue weighted by Gasteiger charge is 2.37. The number of aromatic nitrogens is 1. The Morgan fingerprint density at radius 2 is 1.86 bits per heavy atom. The first-order chi connectivity index (χ1) is 17.9. The Hall–Kier alpha value is -2.34. The molecule has 0 spiro atoms. The van der Waals surface area contributed by atoms with Crippen molar-refractivity contribution >= 4 is 38.2 Å². The van der Waals surface area contributed by atoms with Gasteiger partial charge in [-0.15, -0.1) is 11.3 Å². The van der Waals surface area contributed by atoms with Gasteiger partial charge in [0.1, 0.15) is 5.92 Å². The highest BCUT2D eigenvalue weighted by Crippen LogP contribution is 2.38. The Morgan fingerprint density at radius 3 is 2.54 bits per heavy atom. The average Bonchev–Trinajstić information content (AvgIpc) is 3.69. The van der Waals surface area contributed by atoms with Crippen LogP contribution in [0, 0.1) is 0 Å². The van der Waals surface area contributed by atoms with E-state index >= 15 is 0 Å². The van der Waals surface area contributed by atoms with Crippen molar-refractivity contribution in [2.45, 2.75) is 80.1 Å². The molecule has 1 aromatic heterocycles. The van der Waals surface area contributed by atoms with Crippen molar-refractivity contribution in [3.05, 3.63) is 40.4 Å². The van der Waals surface area contributed by atoms with E-state index < -0.39 is 21.9 Å². The first kappa shape index (κ1) is 26.3. The topological polar surface area (TPSA) is 121 Å². The van der Waals surface area contributed by atoms with Gasteiger partial charge in [-0.25, -0.2) is 13.4 Å². The maximum atomic E-state index is 13.5. The molecule has 0 radical (unpaired) electrons. The van der Waals surface area contributed by atoms with Crippen LogP contribution in [0.15, 0.2) is 29.2 Å². The monoisotopic (exact) mass is 548 g/mol. The molecule has 5 rings (SSSR count). The molecule has 0 bridgehead atoms. The Bertz CT molecular complexity index is 1230. The molecule has 11 heteroatoms. The third-order valence-electron chi connectivity index (χ3n) is 6.97. The summed E-state index contributed by atoms with van der Waals surface area (Å²) in [5.41, 5.74) is 1.26. The van der Waals surface area contributed by atoms with E-state index in [2.05, 4.69) is 10.3 Å². The molecule has 2 aliphatic carbocycles. The number of hydrogen-bond acceptors (Lipinski definition) is 9. The maximum Gasteiger partial charge on any atom is 0.315 e. The van der Waals surface area contributed by atoms with Gasteiger partial charge in [-0.3, -0.25) is 14.9 Å². The molecule has 1 amide bonds. The summed E-state index contributed by atoms with van der Waals surface area (Å²) in [5.74, 6) is -1.09. The second kappa shape index (κ2) is 11.2. The second-order valence-electron chi connectivity index (χ2n) is 9.65. The van der Waals surface area contributed by atoms with Gasteiger partial charge in [-0.05, 0) is 69.6 Å². The fourth-order valence-electron chi connectivity index (χ4n) is 4.81. The number of amides is 1. The minimum atomic E-state index is -3.33. The number of fused-ring (bicyclic) bond motifs is 1. The number of nitrogens with zero attached hydrogens (tertiary/aromatic N) is 1. The fourth-order valence-corrected chi connectivity index (χ4v) is 7.54. The first-order valence-electron chi connectivity index (χ1n) is 12.9. The second-order valence-corrected chi connectivity index (χ2v) is 13.0. The molecule has 1 saturated heterocycles. The summed E-state index contributed by atoms with van der Waals surface area (Å²) in [4.78, 5) is 31.8. The molecule has 9 nitrogen and oxygen atoms in total. The molecule has 1 aliphatic heterocycles. The summed E-state index contributed by atoms with van der Waals surface area (Å²) < 4.78 is 42.1. The van der Waals surface area contributed by atoms with Crippen LogP contribution in [0.4, 0.5) is 5.13 Å². The Labute approximate surface area is 220 Å². The number of rotatable bonds is 9. The molecule has 2 unspecified atom stereocenters. The lowest BCUT2D eigenvalue weighted by Crippen LogP contribution is -2.31. The first-order valence-corrected chi connectivity index (χ1v) is 15.3. The van der Waals surface area contributed by atoms with Crippen molar-refractivity contribution in [1.29, 1.82) is 0 Å². The number of ether oxygens (including phenoxy) is 3. The van der Waals surface area contributed by atoms with Crippen molar-refractivity contribution in [2.24, 2.45) is 0 Å². The Balaban J connectivity index is 1.36. The van der Waals surface area contributed by atoms with Gasteiger partial charge in [0, 0.05) is 18.1 Å². The number of carbonyl (C=O) groups excluding carboxylic acids is 2. The zero-order valence-electron chi connectivity index (χ0n) is 20.8. The van der Waals surface area contributed by atoms with E-state index in [9.17, 15) is 18.0 Å². The molecule has 1 aromatic carbocycles. The van der Waals surface area contributed by atoms with Crippen LogP contribution in [-0.4, -0.2) is 56.5 Å². The average molecular weight is 549 g/mol. The van der Waals surface area contributed by atoms with E-state index in [-0.39, 0.29) is 28.1 Å². The fraction of sp³-hybridized carbons (Fsp3) is 0.577. The van der Waals surface area contributed by atoms with E-state index in [0.717, 1.165) is 17.7 Å². The van der Waals surface area contributed by atoms with Gasteiger partial charge in [-0.1, -0.05) is 12.1 Å². The lowest BCUT2D eigenvalue weighted by atomic mass is 9.91. The summed E-state index contributed by atoms with van der Waals surface area (Å²) in [6, 6.07) is 6.43. The van der Waals surface area contributed by atoms with E-state index in [4.69, 9.17) is 14.2 Å². The number of benzene rings is 1. The summed E-state index contributed by atoms with van der Waals surface area (Å²) in [5, 5.41) is 3.01. The van der Waals surface area contributed by atoms with Crippen molar-refractivity contribution in [2.75, 3.05) is 25.1 Å². The normalized spacial score (nSPS) is 21.2. The summed E-state index contributed by atoms with van der Waals surface area (Å²) in [6.45, 7) is 3.21. The molecule has 3 aliphatic rings. The molecule has 2 fully saturated rings. The zero-order chi connectivity index (χ0) is 26.0. The van der Waals surface area contributed by atoms with Gasteiger partial charge in [0.15, 0.2) is 21.1 Å². The molecule has 200 valence electrons. The van der Waals surface area contributed by atoms with Gasteiger partial charge in [-0.2, -0.15) is 0 Å². The van der Waals surface area contributed by atoms with Gasteiger partial charge < -0.3 is 14.2 Å². The molecule has 2 aromatic rings. The smallest absolute Gasteiger partial charge is 0.315 e. The predicted octanol–water partition coefficient (Wildman–Crippen LogP) is 3.94. The van der Waals surface area contributed by atoms with Gasteiger partial charge in [0.25, 0.3) is 5.91 Å². The summed E-state index contributed by atoms with van der Waals surface area (Å²) in [7, 11) is -3.33. The molecule has 2 heterocycles. The number of anilines is 1. The molecular weight excluding hydrogens is 516 g/mol. The number of hydrogen-bond donors (Lipinski definition) is 1. The summed E-state index contributed by atoms with van der Waals surface area (Å²) >= 11 is 1.37. The lowest BCUT2D eigenvalue weighted by Gasteiger charge is -2.27. The Morgan fingerprint density at radius 1 is 1.14 bits per heavy atom. The highest BCUT2D eigenvalue weighted by atomic mass is 32.2. The number of aryl methyl sites for hydroxylation is 1. The number of carbonyl (C=O) groups is 2. The third-order valence-corrected chi connectivity index (χ3v) is 10.3. The van der Waals surface area contributed by atoms with Crippen LogP contribution in [0.1, 0.15) is 73.6 Å². The minimum absolute atomic E-state index is 0.155. The van der Waals surface area contributed by atoms with Crippen molar-refractivity contribution < 1.29 is 32.2 Å². The number of esters is 1. The Kier molecular flexibility index (Phi) is 7.94. The number of sulfone groups is 1. The lowest BCUT2D eigenvalue weighted by molar-refractivity contribution is -0.145. The van der Waals surface area contributed by atoms with Crippen LogP contribution in [0.2, 0.25) is 0 Å². The van der Waals surface area contributed by atoms with Gasteiger partial charge >= 0.3 is 5.97 Å². The van der Waals surface area contributed by atoms with Crippen LogP contribution in [0.25, 0.3) is 0 Å². The van der Waals surface area contributed by atoms with Crippen LogP contribution >= 0.6 is 11.3 Å². The molecule has 1 saturated carbocycles. The van der Waals surface area contributed by atoms with Gasteiger partial charge in [0.05, 0.1) is 28.6 Å². The number of thiazole rings is 1. The van der Waals surface area contributed by atoms with E-state index in [1.54, 1.807) is 31.2 Å². The number of nitrogens with one attached hydrogen (secondary N) is 1. The van der Waals surface area contributed by atoms with E-state index in [1.807, 2.05) is 0 Å². The predicted molar refractivity (Wildman–Crippen MR) is 137 cm³/mol. The van der Waals surface area contributed by atoms with E-state index in [0.29, 0.717) is 68.3 Å². The standard InChI is InChI=1S/C26H32N2O7S2/c1-2-34-25(30)20-4-3-5-21-22(20)27-26(36-21)28-24(29)23(35-17-12-14-33-15-13-17)16-6-8-18(9-7-16)37(31,32)19-10-11-19/h6-9,17,19-20,23H,2-5,10-15H2,1H3,(H,27,28,29). The van der Waals surface area contributed by atoms with Crippen molar-refractivity contribution in [3.8, 4) is 0 Å². The maximum absolute atomic E-state index is 13.5. The molecule has 2 atom stereocenters. The largest absolute Gasteiger partial charge is 0.465 e. The summed E-state index contributed by atoms with van der Waals surface area (Å²) in [6.07, 6.45) is 3.96. The van der Waals surface area contributed by atoms with E-state index in [1.165, 1.54) is 11.3 Å². The van der Waals surface area contributed by atoms with Crippen LogP contribution in [0.3, 0.4) is 0 Å². The molecule has 1 N–H and O–H groups in total. The molecule has 37 heavy (non-hydrogen) atoms. The minimum Gasteiger partial charge on any atom is -0.465 e. The zero-order valence-corrected chi connectivity index (χ0v) is 22.4. The quantitative estimate of drug-likeness (QED) is 0.468. The van der Waals surface area contributed by atoms with Crippen LogP contribution in [-0.2, 0) is 40.1 Å². The SMILES string of the molecule is CCOC(=O)C1CCCc2sc(NC(=O)C(OC3CCOCC3)c3ccc(S(=O)(=O)C4CC4)cc3)nc21. The van der Waals surface area contributed by atoms with Crippen molar-refractivity contribution in [3.63, 3.8) is 0 Å². The molecular formula is C26H32N2O7S2. The van der Waals surface area contributed by atoms with Gasteiger partial charge in [0.2, 0.25) is 0 Å².